The van der Waals surface area contributed by atoms with Gasteiger partial charge >= 0.3 is 6.09 Å². The van der Waals surface area contributed by atoms with Gasteiger partial charge in [-0.2, -0.15) is 0 Å². The lowest BCUT2D eigenvalue weighted by Gasteiger charge is -2.34. The van der Waals surface area contributed by atoms with Crippen molar-refractivity contribution in [3.05, 3.63) is 53.6 Å². The van der Waals surface area contributed by atoms with Gasteiger partial charge in [0.2, 0.25) is 0 Å². The van der Waals surface area contributed by atoms with Gasteiger partial charge in [-0.05, 0) is 44.2 Å². The summed E-state index contributed by atoms with van der Waals surface area (Å²) in [7, 11) is -1.53. The van der Waals surface area contributed by atoms with E-state index in [0.29, 0.717) is 65.9 Å². The first-order chi connectivity index (χ1) is 15.5. The highest BCUT2D eigenvalue weighted by atomic mass is 32.2. The van der Waals surface area contributed by atoms with E-state index in [4.69, 9.17) is 4.74 Å². The van der Waals surface area contributed by atoms with Crippen LogP contribution in [0.3, 0.4) is 0 Å². The highest BCUT2D eigenvalue weighted by Crippen LogP contribution is 2.35. The summed E-state index contributed by atoms with van der Waals surface area (Å²) >= 11 is 0. The maximum absolute atomic E-state index is 13.3. The van der Waals surface area contributed by atoms with E-state index >= 15 is 0 Å². The summed E-state index contributed by atoms with van der Waals surface area (Å²) in [5.41, 5.74) is 1.32. The molecule has 32 heavy (non-hydrogen) atoms. The third kappa shape index (κ3) is 3.88. The molecule has 2 aromatic carbocycles. The Labute approximate surface area is 189 Å². The fraction of sp³-hybridized carbons (Fsp3) is 0.348. The van der Waals surface area contributed by atoms with Crippen LogP contribution < -0.4 is 4.90 Å². The van der Waals surface area contributed by atoms with Crippen LogP contribution in [0.5, 0.6) is 0 Å². The SMILES string of the molecule is CCOC(=O)N1CCN(C(=O)c2ccc3c(c2)N(CC)C(=O)c2ccccc2[S@@]3=O)CC1. The number of fused-ring (bicyclic) bond motifs is 2. The van der Waals surface area contributed by atoms with Gasteiger partial charge in [-0.15, -0.1) is 0 Å². The van der Waals surface area contributed by atoms with Gasteiger partial charge in [0.1, 0.15) is 0 Å². The molecule has 4 rings (SSSR count). The molecule has 2 aromatic rings. The largest absolute Gasteiger partial charge is 0.450 e. The molecule has 2 aliphatic heterocycles. The van der Waals surface area contributed by atoms with Crippen molar-refractivity contribution >= 4 is 34.4 Å². The van der Waals surface area contributed by atoms with Crippen LogP contribution in [0.4, 0.5) is 10.5 Å². The number of anilines is 1. The number of rotatable bonds is 3. The maximum atomic E-state index is 13.3. The van der Waals surface area contributed by atoms with Gasteiger partial charge in [0.15, 0.2) is 0 Å². The quantitative estimate of drug-likeness (QED) is 0.710. The van der Waals surface area contributed by atoms with Crippen molar-refractivity contribution in [3.63, 3.8) is 0 Å². The molecular formula is C23H25N3O5S. The van der Waals surface area contributed by atoms with E-state index in [1.54, 1.807) is 64.1 Å². The van der Waals surface area contributed by atoms with Crippen molar-refractivity contribution in [1.82, 2.24) is 9.80 Å². The number of carbonyl (C=O) groups excluding carboxylic acids is 3. The number of hydrogen-bond donors (Lipinski definition) is 0. The summed E-state index contributed by atoms with van der Waals surface area (Å²) < 4.78 is 18.3. The second-order valence-electron chi connectivity index (χ2n) is 7.47. The number of amides is 3. The van der Waals surface area contributed by atoms with Crippen LogP contribution in [-0.4, -0.2) is 71.2 Å². The summed E-state index contributed by atoms with van der Waals surface area (Å²) in [6.45, 7) is 5.87. The molecule has 0 radical (unpaired) electrons. The van der Waals surface area contributed by atoms with E-state index < -0.39 is 10.8 Å². The Morgan fingerprint density at radius 3 is 2.34 bits per heavy atom. The first kappa shape index (κ1) is 22.0. The molecule has 2 aliphatic rings. The van der Waals surface area contributed by atoms with E-state index in [-0.39, 0.29) is 17.9 Å². The highest BCUT2D eigenvalue weighted by Gasteiger charge is 2.32. The van der Waals surface area contributed by atoms with E-state index in [1.165, 1.54) is 0 Å². The van der Waals surface area contributed by atoms with Crippen LogP contribution in [0.15, 0.2) is 52.3 Å². The molecule has 0 aliphatic carbocycles. The molecule has 0 unspecified atom stereocenters. The molecule has 1 atom stereocenters. The fourth-order valence-corrected chi connectivity index (χ4v) is 5.34. The standard InChI is InChI=1S/C23H25N3O5S/c1-3-26-18-15-16(21(27)24-11-13-25(14-12-24)23(29)31-4-2)9-10-20(18)32(30)19-8-6-5-7-17(19)22(26)28/h5-10,15H,3-4,11-14H2,1-2H3/t32-/m0/s1. The smallest absolute Gasteiger partial charge is 0.409 e. The molecule has 1 fully saturated rings. The second-order valence-corrected chi connectivity index (χ2v) is 8.89. The molecule has 8 nitrogen and oxygen atoms in total. The summed E-state index contributed by atoms with van der Waals surface area (Å²) in [6.07, 6.45) is -0.372. The van der Waals surface area contributed by atoms with Crippen LogP contribution in [0.25, 0.3) is 0 Å². The first-order valence-electron chi connectivity index (χ1n) is 10.6. The monoisotopic (exact) mass is 455 g/mol. The molecule has 0 N–H and O–H groups in total. The molecule has 1 saturated heterocycles. The zero-order chi connectivity index (χ0) is 22.8. The second kappa shape index (κ2) is 9.12. The Morgan fingerprint density at radius 1 is 0.969 bits per heavy atom. The average molecular weight is 456 g/mol. The Balaban J connectivity index is 1.61. The Hall–Kier alpha value is -3.20. The van der Waals surface area contributed by atoms with Gasteiger partial charge in [0.25, 0.3) is 11.8 Å². The van der Waals surface area contributed by atoms with Crippen LogP contribution in [0.2, 0.25) is 0 Å². The van der Waals surface area contributed by atoms with Gasteiger partial charge in [0, 0.05) is 38.3 Å². The Morgan fingerprint density at radius 2 is 1.66 bits per heavy atom. The molecule has 0 spiro atoms. The maximum Gasteiger partial charge on any atom is 0.409 e. The molecule has 3 amide bonds. The van der Waals surface area contributed by atoms with Crippen LogP contribution in [-0.2, 0) is 15.5 Å². The molecule has 0 saturated carbocycles. The summed E-state index contributed by atoms with van der Waals surface area (Å²) in [4.78, 5) is 44.0. The van der Waals surface area contributed by atoms with Gasteiger partial charge in [-0.25, -0.2) is 9.00 Å². The van der Waals surface area contributed by atoms with Gasteiger partial charge in [-0.1, -0.05) is 12.1 Å². The fourth-order valence-electron chi connectivity index (χ4n) is 4.00. The number of ether oxygens (including phenoxy) is 1. The van der Waals surface area contributed by atoms with Gasteiger partial charge in [0.05, 0.1) is 38.4 Å². The molecular weight excluding hydrogens is 430 g/mol. The third-order valence-corrected chi connectivity index (χ3v) is 7.17. The van der Waals surface area contributed by atoms with Crippen molar-refractivity contribution in [3.8, 4) is 0 Å². The van der Waals surface area contributed by atoms with Crippen LogP contribution in [0.1, 0.15) is 34.6 Å². The van der Waals surface area contributed by atoms with E-state index in [9.17, 15) is 18.6 Å². The Kier molecular flexibility index (Phi) is 6.27. The zero-order valence-electron chi connectivity index (χ0n) is 18.1. The predicted molar refractivity (Wildman–Crippen MR) is 119 cm³/mol. The Bertz CT molecular complexity index is 1090. The molecule has 168 valence electrons. The average Bonchev–Trinajstić information content (AvgIpc) is 2.91. The molecule has 0 bridgehead atoms. The van der Waals surface area contributed by atoms with Gasteiger partial charge in [-0.3, -0.25) is 9.59 Å². The first-order valence-corrected chi connectivity index (χ1v) is 11.8. The summed E-state index contributed by atoms with van der Waals surface area (Å²) in [5.74, 6) is -0.421. The number of benzene rings is 2. The van der Waals surface area contributed by atoms with Crippen molar-refractivity contribution in [2.24, 2.45) is 0 Å². The summed E-state index contributed by atoms with van der Waals surface area (Å²) in [5, 5.41) is 0. The minimum Gasteiger partial charge on any atom is -0.450 e. The van der Waals surface area contributed by atoms with E-state index in [1.807, 2.05) is 6.92 Å². The van der Waals surface area contributed by atoms with Crippen LogP contribution >= 0.6 is 0 Å². The zero-order valence-corrected chi connectivity index (χ0v) is 18.9. The molecule has 0 aromatic heterocycles. The van der Waals surface area contributed by atoms with Crippen LogP contribution in [0, 0.1) is 0 Å². The third-order valence-electron chi connectivity index (χ3n) is 5.67. The topological polar surface area (TPSA) is 87.2 Å². The number of hydrogen-bond acceptors (Lipinski definition) is 5. The van der Waals surface area contributed by atoms with Crippen molar-refractivity contribution < 1.29 is 23.3 Å². The minimum atomic E-state index is -1.53. The van der Waals surface area contributed by atoms with E-state index in [2.05, 4.69) is 0 Å². The number of carbonyl (C=O) groups is 3. The lowest BCUT2D eigenvalue weighted by atomic mass is 10.1. The highest BCUT2D eigenvalue weighted by molar-refractivity contribution is 7.85. The lowest BCUT2D eigenvalue weighted by Crippen LogP contribution is -2.50. The molecule has 2 heterocycles. The van der Waals surface area contributed by atoms with Crippen molar-refractivity contribution in [2.75, 3.05) is 44.2 Å². The predicted octanol–water partition coefficient (Wildman–Crippen LogP) is 2.75. The number of piperazine rings is 1. The minimum absolute atomic E-state index is 0.188. The van der Waals surface area contributed by atoms with Gasteiger partial charge < -0.3 is 19.4 Å². The van der Waals surface area contributed by atoms with E-state index in [0.717, 1.165) is 0 Å². The van der Waals surface area contributed by atoms with Crippen molar-refractivity contribution in [1.29, 1.82) is 0 Å². The molecule has 9 heteroatoms. The normalized spacial score (nSPS) is 18.0. The number of nitrogens with zero attached hydrogens (tertiary/aromatic N) is 3. The summed E-state index contributed by atoms with van der Waals surface area (Å²) in [6, 6.07) is 11.9. The van der Waals surface area contributed by atoms with Crippen molar-refractivity contribution in [2.45, 2.75) is 23.6 Å². The lowest BCUT2D eigenvalue weighted by molar-refractivity contribution is 0.0570.